The highest BCUT2D eigenvalue weighted by atomic mass is 16.2. The van der Waals surface area contributed by atoms with Gasteiger partial charge in [-0.2, -0.15) is 0 Å². The number of nitrogens with zero attached hydrogens (tertiary/aromatic N) is 5. The Morgan fingerprint density at radius 1 is 1.25 bits per heavy atom. The first-order valence-corrected chi connectivity index (χ1v) is 8.77. The maximum Gasteiger partial charge on any atom is 0.315 e. The van der Waals surface area contributed by atoms with Gasteiger partial charge in [0.1, 0.15) is 5.82 Å². The zero-order valence-electron chi connectivity index (χ0n) is 15.7. The maximum absolute atomic E-state index is 12.1. The van der Waals surface area contributed by atoms with Crippen LogP contribution in [0.1, 0.15) is 34.8 Å². The van der Waals surface area contributed by atoms with Gasteiger partial charge in [0.25, 0.3) is 5.91 Å². The third-order valence-corrected chi connectivity index (χ3v) is 4.31. The monoisotopic (exact) mass is 382 g/mol. The quantitative estimate of drug-likeness (QED) is 0.553. The molecule has 28 heavy (non-hydrogen) atoms. The van der Waals surface area contributed by atoms with Crippen LogP contribution in [-0.4, -0.2) is 43.0 Å². The van der Waals surface area contributed by atoms with E-state index in [-0.39, 0.29) is 17.8 Å². The van der Waals surface area contributed by atoms with Crippen molar-refractivity contribution in [3.8, 4) is 5.69 Å². The Labute approximate surface area is 161 Å². The number of aromatic nitrogens is 5. The fraction of sp³-hybridized carbons (Fsp3) is 0.278. The van der Waals surface area contributed by atoms with Crippen LogP contribution in [0.4, 0.5) is 4.79 Å². The van der Waals surface area contributed by atoms with Gasteiger partial charge in [0.15, 0.2) is 5.69 Å². The Morgan fingerprint density at radius 3 is 2.61 bits per heavy atom. The molecule has 146 valence electrons. The van der Waals surface area contributed by atoms with E-state index in [0.717, 1.165) is 17.1 Å². The lowest BCUT2D eigenvalue weighted by Gasteiger charge is -2.15. The molecule has 0 saturated carbocycles. The molecule has 3 aromatic rings. The molecule has 2 aromatic heterocycles. The van der Waals surface area contributed by atoms with Crippen LogP contribution in [0.3, 0.4) is 0 Å². The SMILES string of the molecule is C[C@H](NC(=O)NCCc1nccn1C)c1ccc(-n2cc(C(N)=O)nn2)cc1. The first-order valence-electron chi connectivity index (χ1n) is 8.77. The molecule has 0 spiro atoms. The molecule has 3 amide bonds. The molecule has 2 heterocycles. The van der Waals surface area contributed by atoms with Crippen molar-refractivity contribution >= 4 is 11.9 Å². The number of carbonyl (C=O) groups excluding carboxylic acids is 2. The second-order valence-corrected chi connectivity index (χ2v) is 6.33. The molecule has 1 aromatic carbocycles. The van der Waals surface area contributed by atoms with Crippen LogP contribution in [0.5, 0.6) is 0 Å². The predicted molar refractivity (Wildman–Crippen MR) is 102 cm³/mol. The highest BCUT2D eigenvalue weighted by Crippen LogP contribution is 2.15. The number of rotatable bonds is 7. The average Bonchev–Trinajstić information content (AvgIpc) is 3.31. The van der Waals surface area contributed by atoms with Gasteiger partial charge < -0.3 is 20.9 Å². The van der Waals surface area contributed by atoms with E-state index in [1.165, 1.54) is 10.9 Å². The average molecular weight is 382 g/mol. The number of nitrogens with two attached hydrogens (primary N) is 1. The highest BCUT2D eigenvalue weighted by molar-refractivity contribution is 5.90. The summed E-state index contributed by atoms with van der Waals surface area (Å²) in [6.07, 6.45) is 5.73. The van der Waals surface area contributed by atoms with Crippen molar-refractivity contribution in [2.45, 2.75) is 19.4 Å². The number of hydrogen-bond acceptors (Lipinski definition) is 5. The van der Waals surface area contributed by atoms with Crippen LogP contribution >= 0.6 is 0 Å². The van der Waals surface area contributed by atoms with Gasteiger partial charge in [0, 0.05) is 32.4 Å². The molecule has 10 heteroatoms. The van der Waals surface area contributed by atoms with Crippen molar-refractivity contribution in [1.82, 2.24) is 35.2 Å². The Balaban J connectivity index is 1.52. The first-order chi connectivity index (χ1) is 13.4. The van der Waals surface area contributed by atoms with E-state index in [1.807, 2.05) is 49.0 Å². The summed E-state index contributed by atoms with van der Waals surface area (Å²) in [6, 6.07) is 6.98. The predicted octanol–water partition coefficient (Wildman–Crippen LogP) is 0.703. The van der Waals surface area contributed by atoms with Crippen LogP contribution in [-0.2, 0) is 13.5 Å². The van der Waals surface area contributed by atoms with Gasteiger partial charge in [-0.1, -0.05) is 17.3 Å². The summed E-state index contributed by atoms with van der Waals surface area (Å²) < 4.78 is 3.39. The van der Waals surface area contributed by atoms with Gasteiger partial charge in [0.2, 0.25) is 0 Å². The number of nitrogens with one attached hydrogen (secondary N) is 2. The summed E-state index contributed by atoms with van der Waals surface area (Å²) in [5.74, 6) is 0.283. The number of amides is 3. The largest absolute Gasteiger partial charge is 0.364 e. The van der Waals surface area contributed by atoms with E-state index >= 15 is 0 Å². The van der Waals surface area contributed by atoms with Crippen molar-refractivity contribution < 1.29 is 9.59 Å². The second kappa shape index (κ2) is 8.33. The minimum atomic E-state index is -0.630. The summed E-state index contributed by atoms with van der Waals surface area (Å²) in [6.45, 7) is 2.39. The molecular formula is C18H22N8O2. The molecule has 3 rings (SSSR count). The number of urea groups is 1. The number of aryl methyl sites for hydroxylation is 1. The van der Waals surface area contributed by atoms with Crippen molar-refractivity contribution in [3.63, 3.8) is 0 Å². The third kappa shape index (κ3) is 4.53. The molecule has 10 nitrogen and oxygen atoms in total. The summed E-state index contributed by atoms with van der Waals surface area (Å²) in [4.78, 5) is 27.4. The Bertz CT molecular complexity index is 960. The van der Waals surface area contributed by atoms with E-state index in [0.29, 0.717) is 13.0 Å². The zero-order chi connectivity index (χ0) is 20.1. The van der Waals surface area contributed by atoms with E-state index in [2.05, 4.69) is 25.9 Å². The van der Waals surface area contributed by atoms with E-state index < -0.39 is 5.91 Å². The van der Waals surface area contributed by atoms with Crippen molar-refractivity contribution in [2.75, 3.05) is 6.54 Å². The molecule has 0 radical (unpaired) electrons. The minimum Gasteiger partial charge on any atom is -0.364 e. The summed E-state index contributed by atoms with van der Waals surface area (Å²) in [7, 11) is 1.92. The van der Waals surface area contributed by atoms with Gasteiger partial charge in [-0.15, -0.1) is 5.10 Å². The molecule has 0 aliphatic rings. The van der Waals surface area contributed by atoms with Crippen molar-refractivity contribution in [2.24, 2.45) is 12.8 Å². The molecular weight excluding hydrogens is 360 g/mol. The molecule has 0 aliphatic carbocycles. The van der Waals surface area contributed by atoms with Gasteiger partial charge in [-0.3, -0.25) is 4.79 Å². The smallest absolute Gasteiger partial charge is 0.315 e. The lowest BCUT2D eigenvalue weighted by Crippen LogP contribution is -2.38. The van der Waals surface area contributed by atoms with Gasteiger partial charge in [-0.25, -0.2) is 14.5 Å². The lowest BCUT2D eigenvalue weighted by atomic mass is 10.1. The number of imidazole rings is 1. The third-order valence-electron chi connectivity index (χ3n) is 4.31. The second-order valence-electron chi connectivity index (χ2n) is 6.33. The minimum absolute atomic E-state index is 0.0984. The van der Waals surface area contributed by atoms with Crippen LogP contribution in [0.25, 0.3) is 5.69 Å². The molecule has 1 atom stereocenters. The Kier molecular flexibility index (Phi) is 5.68. The van der Waals surface area contributed by atoms with E-state index in [4.69, 9.17) is 5.73 Å². The summed E-state index contributed by atoms with van der Waals surface area (Å²) >= 11 is 0. The molecule has 4 N–H and O–H groups in total. The standard InChI is InChI=1S/C18H22N8O2/c1-12(22-18(28)21-8-7-16-20-9-10-25(16)2)13-3-5-14(6-4-13)26-11-15(17(19)27)23-24-26/h3-6,9-12H,7-8H2,1-2H3,(H2,19,27)(H2,21,22,28)/t12-/m0/s1. The molecule has 0 saturated heterocycles. The fourth-order valence-corrected chi connectivity index (χ4v) is 2.67. The lowest BCUT2D eigenvalue weighted by molar-refractivity contribution is 0.0995. The highest BCUT2D eigenvalue weighted by Gasteiger charge is 2.11. The maximum atomic E-state index is 12.1. The van der Waals surface area contributed by atoms with Gasteiger partial charge >= 0.3 is 6.03 Å². The number of primary amides is 1. The first kappa shape index (κ1) is 19.1. The van der Waals surface area contributed by atoms with Crippen LogP contribution in [0.15, 0.2) is 42.9 Å². The Hall–Kier alpha value is -3.69. The van der Waals surface area contributed by atoms with Gasteiger partial charge in [0.05, 0.1) is 17.9 Å². The van der Waals surface area contributed by atoms with E-state index in [9.17, 15) is 9.59 Å². The van der Waals surface area contributed by atoms with E-state index in [1.54, 1.807) is 6.20 Å². The molecule has 0 bridgehead atoms. The molecule has 0 unspecified atom stereocenters. The van der Waals surface area contributed by atoms with Crippen LogP contribution in [0, 0.1) is 0 Å². The topological polar surface area (TPSA) is 133 Å². The van der Waals surface area contributed by atoms with Crippen LogP contribution < -0.4 is 16.4 Å². The number of benzene rings is 1. The number of hydrogen-bond donors (Lipinski definition) is 3. The zero-order valence-corrected chi connectivity index (χ0v) is 15.7. The normalized spacial score (nSPS) is 11.8. The van der Waals surface area contributed by atoms with Crippen molar-refractivity contribution in [3.05, 3.63) is 59.9 Å². The fourth-order valence-electron chi connectivity index (χ4n) is 2.67. The molecule has 0 fully saturated rings. The van der Waals surface area contributed by atoms with Crippen molar-refractivity contribution in [1.29, 1.82) is 0 Å². The Morgan fingerprint density at radius 2 is 2.00 bits per heavy atom. The van der Waals surface area contributed by atoms with Crippen LogP contribution in [0.2, 0.25) is 0 Å². The number of carbonyl (C=O) groups is 2. The molecule has 0 aliphatic heterocycles. The summed E-state index contributed by atoms with van der Waals surface area (Å²) in [5.41, 5.74) is 6.94. The summed E-state index contributed by atoms with van der Waals surface area (Å²) in [5, 5.41) is 13.3. The van der Waals surface area contributed by atoms with Gasteiger partial charge in [-0.05, 0) is 24.6 Å².